The molecule has 0 aliphatic carbocycles. The van der Waals surface area contributed by atoms with Crippen molar-refractivity contribution in [3.63, 3.8) is 0 Å². The van der Waals surface area contributed by atoms with E-state index in [1.54, 1.807) is 24.3 Å². The van der Waals surface area contributed by atoms with Crippen LogP contribution in [0.1, 0.15) is 23.6 Å². The van der Waals surface area contributed by atoms with Gasteiger partial charge < -0.3 is 10.2 Å². The third kappa shape index (κ3) is 2.89. The summed E-state index contributed by atoms with van der Waals surface area (Å²) in [6.45, 7) is 2.19. The highest BCUT2D eigenvalue weighted by Gasteiger charge is 2.31. The van der Waals surface area contributed by atoms with Gasteiger partial charge in [0.2, 0.25) is 0 Å². The summed E-state index contributed by atoms with van der Waals surface area (Å²) in [6, 6.07) is 34.2. The van der Waals surface area contributed by atoms with Gasteiger partial charge in [0.15, 0.2) is 0 Å². The topological polar surface area (TPSA) is 40.5 Å². The second-order valence-corrected chi connectivity index (χ2v) is 7.94. The van der Waals surface area contributed by atoms with Gasteiger partial charge in [-0.25, -0.2) is 0 Å². The Morgan fingerprint density at radius 3 is 1.63 bits per heavy atom. The molecule has 0 fully saturated rings. The SMILES string of the molecule is CC(c1ccc(O)cc1)(c1ccc(O)cc1)c1ccc2c(ccc3ccccc32)c1. The first-order valence-corrected chi connectivity index (χ1v) is 10.1. The predicted molar refractivity (Wildman–Crippen MR) is 123 cm³/mol. The van der Waals surface area contributed by atoms with Gasteiger partial charge in [-0.2, -0.15) is 0 Å². The second-order valence-electron chi connectivity index (χ2n) is 7.94. The molecule has 2 heteroatoms. The molecule has 0 aliphatic heterocycles. The molecule has 146 valence electrons. The maximum absolute atomic E-state index is 9.81. The van der Waals surface area contributed by atoms with Crippen LogP contribution in [0, 0.1) is 0 Å². The minimum absolute atomic E-state index is 0.247. The average molecular weight is 390 g/mol. The molecule has 30 heavy (non-hydrogen) atoms. The molecule has 0 spiro atoms. The molecule has 5 aromatic rings. The van der Waals surface area contributed by atoms with Crippen molar-refractivity contribution in [1.82, 2.24) is 0 Å². The molecule has 0 saturated heterocycles. The molecule has 0 heterocycles. The maximum atomic E-state index is 9.81. The highest BCUT2D eigenvalue weighted by atomic mass is 16.3. The highest BCUT2D eigenvalue weighted by molar-refractivity contribution is 6.07. The van der Waals surface area contributed by atoms with E-state index in [-0.39, 0.29) is 11.5 Å². The zero-order chi connectivity index (χ0) is 20.7. The molecule has 2 nitrogen and oxygen atoms in total. The number of rotatable bonds is 3. The largest absolute Gasteiger partial charge is 0.508 e. The number of phenols is 2. The van der Waals surface area contributed by atoms with Crippen LogP contribution >= 0.6 is 0 Å². The van der Waals surface area contributed by atoms with Crippen LogP contribution in [0.4, 0.5) is 0 Å². The van der Waals surface area contributed by atoms with Crippen molar-refractivity contribution in [2.75, 3.05) is 0 Å². The fraction of sp³-hybridized carbons (Fsp3) is 0.0714. The number of benzene rings is 5. The third-order valence-electron chi connectivity index (χ3n) is 6.21. The fourth-order valence-corrected chi connectivity index (χ4v) is 4.41. The predicted octanol–water partition coefficient (Wildman–Crippen LogP) is 6.76. The summed E-state index contributed by atoms with van der Waals surface area (Å²) in [5, 5.41) is 24.5. The molecular weight excluding hydrogens is 368 g/mol. The summed E-state index contributed by atoms with van der Waals surface area (Å²) < 4.78 is 0. The zero-order valence-corrected chi connectivity index (χ0v) is 16.7. The summed E-state index contributed by atoms with van der Waals surface area (Å²) in [7, 11) is 0. The Morgan fingerprint density at radius 1 is 0.500 bits per heavy atom. The van der Waals surface area contributed by atoms with E-state index in [1.165, 1.54) is 21.5 Å². The minimum atomic E-state index is -0.443. The van der Waals surface area contributed by atoms with Crippen LogP contribution in [-0.4, -0.2) is 10.2 Å². The van der Waals surface area contributed by atoms with Crippen LogP contribution < -0.4 is 0 Å². The summed E-state index contributed by atoms with van der Waals surface area (Å²) in [5.41, 5.74) is 2.86. The summed E-state index contributed by atoms with van der Waals surface area (Å²) in [4.78, 5) is 0. The van der Waals surface area contributed by atoms with Crippen molar-refractivity contribution >= 4 is 21.5 Å². The fourth-order valence-electron chi connectivity index (χ4n) is 4.41. The van der Waals surface area contributed by atoms with Crippen molar-refractivity contribution in [2.45, 2.75) is 12.3 Å². The normalized spacial score (nSPS) is 11.8. The van der Waals surface area contributed by atoms with Gasteiger partial charge in [-0.1, -0.05) is 72.8 Å². The van der Waals surface area contributed by atoms with Crippen LogP contribution in [0.15, 0.2) is 103 Å². The van der Waals surface area contributed by atoms with E-state index in [4.69, 9.17) is 0 Å². The lowest BCUT2D eigenvalue weighted by molar-refractivity contribution is 0.474. The van der Waals surface area contributed by atoms with Gasteiger partial charge in [0, 0.05) is 5.41 Å². The molecule has 0 saturated carbocycles. The Balaban J connectivity index is 1.76. The maximum Gasteiger partial charge on any atom is 0.115 e. The molecule has 0 unspecified atom stereocenters. The van der Waals surface area contributed by atoms with Gasteiger partial charge in [0.25, 0.3) is 0 Å². The van der Waals surface area contributed by atoms with E-state index in [0.717, 1.165) is 16.7 Å². The van der Waals surface area contributed by atoms with Gasteiger partial charge in [-0.3, -0.25) is 0 Å². The van der Waals surface area contributed by atoms with E-state index in [1.807, 2.05) is 24.3 Å². The highest BCUT2D eigenvalue weighted by Crippen LogP contribution is 2.41. The van der Waals surface area contributed by atoms with E-state index in [9.17, 15) is 10.2 Å². The number of aromatic hydroxyl groups is 2. The molecule has 2 N–H and O–H groups in total. The van der Waals surface area contributed by atoms with E-state index in [0.29, 0.717) is 0 Å². The number of fused-ring (bicyclic) bond motifs is 3. The summed E-state index contributed by atoms with van der Waals surface area (Å²) in [6.07, 6.45) is 0. The first-order chi connectivity index (χ1) is 14.6. The average Bonchev–Trinajstić information content (AvgIpc) is 2.79. The lowest BCUT2D eigenvalue weighted by Crippen LogP contribution is -2.25. The van der Waals surface area contributed by atoms with Gasteiger partial charge in [0.1, 0.15) is 11.5 Å². The molecule has 5 rings (SSSR count). The van der Waals surface area contributed by atoms with E-state index in [2.05, 4.69) is 61.5 Å². The molecule has 0 aliphatic rings. The Morgan fingerprint density at radius 2 is 1.00 bits per heavy atom. The monoisotopic (exact) mass is 390 g/mol. The van der Waals surface area contributed by atoms with Crippen molar-refractivity contribution < 1.29 is 10.2 Å². The Kier molecular flexibility index (Phi) is 4.22. The Hall–Kier alpha value is -3.78. The smallest absolute Gasteiger partial charge is 0.115 e. The van der Waals surface area contributed by atoms with Crippen LogP contribution in [0.25, 0.3) is 21.5 Å². The second kappa shape index (κ2) is 6.93. The number of hydrogen-bond acceptors (Lipinski definition) is 2. The zero-order valence-electron chi connectivity index (χ0n) is 16.7. The van der Waals surface area contributed by atoms with Crippen molar-refractivity contribution in [2.24, 2.45) is 0 Å². The van der Waals surface area contributed by atoms with Crippen LogP contribution in [-0.2, 0) is 5.41 Å². The lowest BCUT2D eigenvalue weighted by Gasteiger charge is -2.32. The molecule has 0 atom stereocenters. The minimum Gasteiger partial charge on any atom is -0.508 e. The van der Waals surface area contributed by atoms with Crippen LogP contribution in [0.5, 0.6) is 11.5 Å². The Bertz CT molecular complexity index is 1300. The Labute approximate surface area is 175 Å². The third-order valence-corrected chi connectivity index (χ3v) is 6.21. The molecular formula is C28H22O2. The summed E-state index contributed by atoms with van der Waals surface area (Å²) in [5.74, 6) is 0.494. The lowest BCUT2D eigenvalue weighted by atomic mass is 9.70. The van der Waals surface area contributed by atoms with Crippen LogP contribution in [0.3, 0.4) is 0 Å². The van der Waals surface area contributed by atoms with Crippen molar-refractivity contribution in [3.05, 3.63) is 120 Å². The first-order valence-electron chi connectivity index (χ1n) is 10.1. The standard InChI is InChI=1S/C28H22O2/c1-28(21-8-13-24(29)14-9-21,22-10-15-25(30)16-11-22)23-12-17-27-20(18-23)7-6-19-4-2-3-5-26(19)27/h2-18,29-30H,1H3. The first kappa shape index (κ1) is 18.3. The van der Waals surface area contributed by atoms with Crippen molar-refractivity contribution in [1.29, 1.82) is 0 Å². The molecule has 0 radical (unpaired) electrons. The van der Waals surface area contributed by atoms with Gasteiger partial charge >= 0.3 is 0 Å². The molecule has 0 aromatic heterocycles. The molecule has 0 bridgehead atoms. The van der Waals surface area contributed by atoms with Gasteiger partial charge in [-0.15, -0.1) is 0 Å². The quantitative estimate of drug-likeness (QED) is 0.264. The van der Waals surface area contributed by atoms with Crippen LogP contribution in [0.2, 0.25) is 0 Å². The van der Waals surface area contributed by atoms with Crippen molar-refractivity contribution in [3.8, 4) is 11.5 Å². The molecule has 5 aromatic carbocycles. The van der Waals surface area contributed by atoms with E-state index < -0.39 is 5.41 Å². The molecule has 0 amide bonds. The van der Waals surface area contributed by atoms with Gasteiger partial charge in [-0.05, 0) is 75.5 Å². The number of phenolic OH excluding ortho intramolecular Hbond substituents is 2. The van der Waals surface area contributed by atoms with E-state index >= 15 is 0 Å². The number of hydrogen-bond donors (Lipinski definition) is 2. The summed E-state index contributed by atoms with van der Waals surface area (Å²) >= 11 is 0. The van der Waals surface area contributed by atoms with Gasteiger partial charge in [0.05, 0.1) is 0 Å².